The molecule has 4 nitrogen and oxygen atoms in total. The molecule has 1 unspecified atom stereocenters. The van der Waals surface area contributed by atoms with Crippen LogP contribution in [0.4, 0.5) is 0 Å². The van der Waals surface area contributed by atoms with E-state index in [0.717, 1.165) is 11.1 Å². The van der Waals surface area contributed by atoms with Crippen LogP contribution in [0.1, 0.15) is 30.6 Å². The van der Waals surface area contributed by atoms with Crippen molar-refractivity contribution < 1.29 is 13.2 Å². The number of rotatable bonds is 5. The summed E-state index contributed by atoms with van der Waals surface area (Å²) in [6.07, 6.45) is 0.597. The van der Waals surface area contributed by atoms with Gasteiger partial charge in [-0.15, -0.1) is 0 Å². The standard InChI is InChI=1S/C20H23NO3S/c1-15(2)20-12-13-21(25(20,23)24)14-19(22)18-10-8-17(9-11-18)16-6-4-3-5-7-16/h3-11,15,20H,12-14H2,1-2H3. The van der Waals surface area contributed by atoms with Gasteiger partial charge >= 0.3 is 0 Å². The molecule has 3 rings (SSSR count). The molecule has 1 heterocycles. The van der Waals surface area contributed by atoms with Gasteiger partial charge in [-0.25, -0.2) is 8.42 Å². The van der Waals surface area contributed by atoms with E-state index in [1.165, 1.54) is 4.31 Å². The van der Waals surface area contributed by atoms with Crippen LogP contribution in [0.3, 0.4) is 0 Å². The van der Waals surface area contributed by atoms with Gasteiger partial charge in [-0.2, -0.15) is 4.31 Å². The quantitative estimate of drug-likeness (QED) is 0.768. The van der Waals surface area contributed by atoms with Crippen LogP contribution >= 0.6 is 0 Å². The van der Waals surface area contributed by atoms with E-state index in [9.17, 15) is 13.2 Å². The molecule has 25 heavy (non-hydrogen) atoms. The number of hydrogen-bond acceptors (Lipinski definition) is 3. The molecule has 0 amide bonds. The average Bonchev–Trinajstić information content (AvgIpc) is 2.90. The topological polar surface area (TPSA) is 54.5 Å². The van der Waals surface area contributed by atoms with Crippen molar-refractivity contribution >= 4 is 15.8 Å². The molecule has 1 aliphatic rings. The molecular formula is C20H23NO3S. The van der Waals surface area contributed by atoms with E-state index in [1.807, 2.05) is 56.3 Å². The first-order valence-corrected chi connectivity index (χ1v) is 10.1. The predicted octanol–water partition coefficient (Wildman–Crippen LogP) is 3.60. The van der Waals surface area contributed by atoms with Crippen molar-refractivity contribution in [3.05, 3.63) is 60.2 Å². The van der Waals surface area contributed by atoms with Crippen LogP contribution in [0.2, 0.25) is 0 Å². The Hall–Kier alpha value is -1.98. The summed E-state index contributed by atoms with van der Waals surface area (Å²) in [5, 5.41) is -0.374. The fourth-order valence-corrected chi connectivity index (χ4v) is 5.45. The van der Waals surface area contributed by atoms with Gasteiger partial charge in [0.15, 0.2) is 5.78 Å². The van der Waals surface area contributed by atoms with Crippen LogP contribution in [0.25, 0.3) is 11.1 Å². The van der Waals surface area contributed by atoms with Gasteiger partial charge in [-0.1, -0.05) is 68.4 Å². The van der Waals surface area contributed by atoms with E-state index in [0.29, 0.717) is 18.5 Å². The fourth-order valence-electron chi connectivity index (χ4n) is 3.32. The van der Waals surface area contributed by atoms with E-state index in [4.69, 9.17) is 0 Å². The number of benzene rings is 2. The van der Waals surface area contributed by atoms with Gasteiger partial charge in [0.2, 0.25) is 10.0 Å². The normalized spacial score (nSPS) is 20.0. The highest BCUT2D eigenvalue weighted by Crippen LogP contribution is 2.28. The molecular weight excluding hydrogens is 334 g/mol. The molecule has 0 N–H and O–H groups in total. The molecule has 2 aromatic rings. The lowest BCUT2D eigenvalue weighted by Gasteiger charge is -2.18. The Balaban J connectivity index is 1.72. The van der Waals surface area contributed by atoms with E-state index in [1.54, 1.807) is 12.1 Å². The minimum atomic E-state index is -3.37. The molecule has 2 aromatic carbocycles. The maximum Gasteiger partial charge on any atom is 0.217 e. The molecule has 1 aliphatic heterocycles. The second kappa shape index (κ2) is 7.10. The van der Waals surface area contributed by atoms with Gasteiger partial charge < -0.3 is 0 Å². The first-order valence-electron chi connectivity index (χ1n) is 8.57. The van der Waals surface area contributed by atoms with Gasteiger partial charge in [0.1, 0.15) is 0 Å². The Morgan fingerprint density at radius 1 is 1.04 bits per heavy atom. The first kappa shape index (κ1) is 17.8. The van der Waals surface area contributed by atoms with Crippen molar-refractivity contribution in [2.24, 2.45) is 5.92 Å². The van der Waals surface area contributed by atoms with Crippen LogP contribution < -0.4 is 0 Å². The minimum absolute atomic E-state index is 0.0651. The van der Waals surface area contributed by atoms with Crippen LogP contribution in [0.5, 0.6) is 0 Å². The summed E-state index contributed by atoms with van der Waals surface area (Å²) in [5.74, 6) is -0.0946. The van der Waals surface area contributed by atoms with Crippen molar-refractivity contribution in [3.8, 4) is 11.1 Å². The summed E-state index contributed by atoms with van der Waals surface area (Å²) in [6.45, 7) is 4.18. The summed E-state index contributed by atoms with van der Waals surface area (Å²) in [6, 6.07) is 17.3. The number of carbonyl (C=O) groups excluding carboxylic acids is 1. The van der Waals surface area contributed by atoms with Crippen LogP contribution in [-0.4, -0.2) is 36.8 Å². The van der Waals surface area contributed by atoms with Crippen molar-refractivity contribution in [1.29, 1.82) is 0 Å². The largest absolute Gasteiger partial charge is 0.293 e. The van der Waals surface area contributed by atoms with Crippen molar-refractivity contribution in [3.63, 3.8) is 0 Å². The molecule has 132 valence electrons. The highest BCUT2D eigenvalue weighted by Gasteiger charge is 2.41. The maximum atomic E-state index is 12.5. The van der Waals surface area contributed by atoms with Gasteiger partial charge in [-0.05, 0) is 23.5 Å². The molecule has 1 atom stereocenters. The Morgan fingerprint density at radius 2 is 1.64 bits per heavy atom. The lowest BCUT2D eigenvalue weighted by Crippen LogP contribution is -2.35. The van der Waals surface area contributed by atoms with E-state index >= 15 is 0 Å². The third-order valence-electron chi connectivity index (χ3n) is 4.78. The van der Waals surface area contributed by atoms with E-state index in [2.05, 4.69) is 0 Å². The Kier molecular flexibility index (Phi) is 5.06. The number of sulfonamides is 1. The second-order valence-electron chi connectivity index (χ2n) is 6.82. The Morgan fingerprint density at radius 3 is 2.20 bits per heavy atom. The van der Waals surface area contributed by atoms with Crippen molar-refractivity contribution in [1.82, 2.24) is 4.31 Å². The van der Waals surface area contributed by atoms with Gasteiger partial charge in [0, 0.05) is 12.1 Å². The molecule has 0 aliphatic carbocycles. The molecule has 0 bridgehead atoms. The SMILES string of the molecule is CC(C)C1CCN(CC(=O)c2ccc(-c3ccccc3)cc2)S1(=O)=O. The van der Waals surface area contributed by atoms with Crippen LogP contribution in [0, 0.1) is 5.92 Å². The highest BCUT2D eigenvalue weighted by molar-refractivity contribution is 7.90. The lowest BCUT2D eigenvalue weighted by molar-refractivity contribution is 0.0969. The third-order valence-corrected chi connectivity index (χ3v) is 7.36. The molecule has 5 heteroatoms. The molecule has 0 aromatic heterocycles. The Bertz CT molecular complexity index is 842. The summed E-state index contributed by atoms with van der Waals surface area (Å²) in [4.78, 5) is 12.5. The summed E-state index contributed by atoms with van der Waals surface area (Å²) >= 11 is 0. The fraction of sp³-hybridized carbons (Fsp3) is 0.350. The number of hydrogen-bond donors (Lipinski definition) is 0. The average molecular weight is 357 g/mol. The lowest BCUT2D eigenvalue weighted by atomic mass is 10.0. The zero-order valence-electron chi connectivity index (χ0n) is 14.6. The van der Waals surface area contributed by atoms with Crippen molar-refractivity contribution in [2.75, 3.05) is 13.1 Å². The molecule has 1 fully saturated rings. The highest BCUT2D eigenvalue weighted by atomic mass is 32.2. The van der Waals surface area contributed by atoms with E-state index < -0.39 is 10.0 Å². The zero-order chi connectivity index (χ0) is 18.0. The monoisotopic (exact) mass is 357 g/mol. The second-order valence-corrected chi connectivity index (χ2v) is 8.97. The predicted molar refractivity (Wildman–Crippen MR) is 99.9 cm³/mol. The van der Waals surface area contributed by atoms with Gasteiger partial charge in [-0.3, -0.25) is 4.79 Å². The molecule has 0 radical (unpaired) electrons. The number of Topliss-reactive ketones (excluding diaryl/α,β-unsaturated/α-hetero) is 1. The van der Waals surface area contributed by atoms with Gasteiger partial charge in [0.25, 0.3) is 0 Å². The smallest absolute Gasteiger partial charge is 0.217 e. The summed E-state index contributed by atoms with van der Waals surface area (Å²) in [7, 11) is -3.37. The van der Waals surface area contributed by atoms with Gasteiger partial charge in [0.05, 0.1) is 11.8 Å². The Labute approximate surface area is 149 Å². The van der Waals surface area contributed by atoms with Crippen LogP contribution in [0.15, 0.2) is 54.6 Å². The minimum Gasteiger partial charge on any atom is -0.293 e. The number of ketones is 1. The number of carbonyl (C=O) groups is 1. The van der Waals surface area contributed by atoms with E-state index in [-0.39, 0.29) is 23.5 Å². The molecule has 0 spiro atoms. The number of nitrogens with zero attached hydrogens (tertiary/aromatic N) is 1. The van der Waals surface area contributed by atoms with Crippen LogP contribution in [-0.2, 0) is 10.0 Å². The van der Waals surface area contributed by atoms with Crippen molar-refractivity contribution in [2.45, 2.75) is 25.5 Å². The molecule has 1 saturated heterocycles. The summed E-state index contributed by atoms with van der Waals surface area (Å²) in [5.41, 5.74) is 2.66. The molecule has 0 saturated carbocycles. The maximum absolute atomic E-state index is 12.5. The summed E-state index contributed by atoms with van der Waals surface area (Å²) < 4.78 is 26.4. The third kappa shape index (κ3) is 3.67. The first-order chi connectivity index (χ1) is 11.9. The zero-order valence-corrected chi connectivity index (χ0v) is 15.4.